The summed E-state index contributed by atoms with van der Waals surface area (Å²) in [6.07, 6.45) is 4.50. The first kappa shape index (κ1) is 30.8. The van der Waals surface area contributed by atoms with E-state index in [1.54, 1.807) is 0 Å². The standard InChI is InChI=1S/3C3H5.ClH.Ti/c3*1-3-2;;/h3*3H,1-2H2;1H;/q3*-1;;+3. The summed E-state index contributed by atoms with van der Waals surface area (Å²) in [7, 11) is 0. The van der Waals surface area contributed by atoms with E-state index in [4.69, 9.17) is 0 Å². The summed E-state index contributed by atoms with van der Waals surface area (Å²) >= 11 is 0. The largest absolute Gasteiger partial charge is 3.00 e. The van der Waals surface area contributed by atoms with Crippen LogP contribution in [-0.2, 0) is 21.7 Å². The van der Waals surface area contributed by atoms with Crippen molar-refractivity contribution in [2.75, 3.05) is 0 Å². The average Bonchev–Trinajstić information content (AvgIpc) is 1.70. The molecule has 0 nitrogen and oxygen atoms in total. The summed E-state index contributed by atoms with van der Waals surface area (Å²) < 4.78 is 0. The fourth-order valence-corrected chi connectivity index (χ4v) is 0. The van der Waals surface area contributed by atoms with Crippen LogP contribution < -0.4 is 0 Å². The van der Waals surface area contributed by atoms with Crippen molar-refractivity contribution in [3.8, 4) is 0 Å². The molecule has 0 atom stereocenters. The molecule has 0 aliphatic heterocycles. The van der Waals surface area contributed by atoms with E-state index >= 15 is 0 Å². The quantitative estimate of drug-likeness (QED) is 0.422. The topological polar surface area (TPSA) is 0 Å². The molecule has 0 bridgehead atoms. The van der Waals surface area contributed by atoms with Gasteiger partial charge in [-0.1, -0.05) is 0 Å². The molecule has 0 aromatic heterocycles. The van der Waals surface area contributed by atoms with Gasteiger partial charge < -0.3 is 0 Å². The third-order valence-electron chi connectivity index (χ3n) is 0. The molecule has 0 aromatic rings. The second kappa shape index (κ2) is 95.5. The van der Waals surface area contributed by atoms with Gasteiger partial charge in [0, 0.05) is 0 Å². The molecule has 2 heteroatoms. The van der Waals surface area contributed by atoms with Crippen molar-refractivity contribution in [2.24, 2.45) is 0 Å². The van der Waals surface area contributed by atoms with Crippen LogP contribution in [0.15, 0.2) is 38.0 Å². The van der Waals surface area contributed by atoms with Crippen LogP contribution in [0.1, 0.15) is 0 Å². The van der Waals surface area contributed by atoms with Crippen molar-refractivity contribution in [3.05, 3.63) is 58.7 Å². The zero-order valence-electron chi connectivity index (χ0n) is 6.88. The smallest absolute Gasteiger partial charge is 0.245 e. The maximum Gasteiger partial charge on any atom is 3.00 e. The first-order chi connectivity index (χ1) is 4.24. The summed E-state index contributed by atoms with van der Waals surface area (Å²) in [5, 5.41) is 0. The summed E-state index contributed by atoms with van der Waals surface area (Å²) in [6, 6.07) is 0. The first-order valence-electron chi connectivity index (χ1n) is 2.45. The number of halogens is 1. The van der Waals surface area contributed by atoms with Crippen molar-refractivity contribution in [1.82, 2.24) is 0 Å². The molecular formula is C9H16ClTi. The van der Waals surface area contributed by atoms with Gasteiger partial charge in [-0.2, -0.15) is 0 Å². The molecule has 0 saturated carbocycles. The summed E-state index contributed by atoms with van der Waals surface area (Å²) in [4.78, 5) is 0. The van der Waals surface area contributed by atoms with Gasteiger partial charge in [-0.05, 0) is 0 Å². The van der Waals surface area contributed by atoms with E-state index in [1.807, 2.05) is 0 Å². The third-order valence-corrected chi connectivity index (χ3v) is 0. The second-order valence-corrected chi connectivity index (χ2v) is 0.866. The van der Waals surface area contributed by atoms with Crippen molar-refractivity contribution < 1.29 is 21.7 Å². The Kier molecular flexibility index (Phi) is 267. The third kappa shape index (κ3) is 22000. The molecule has 0 unspecified atom stereocenters. The van der Waals surface area contributed by atoms with Crippen molar-refractivity contribution in [2.45, 2.75) is 0 Å². The molecule has 0 fully saturated rings. The SMILES string of the molecule is C=C[CH2-].C=C[CH2-].C=C[CH2-].Cl.[Ti+3]. The molecular weight excluding hydrogens is 191 g/mol. The van der Waals surface area contributed by atoms with Crippen molar-refractivity contribution in [3.63, 3.8) is 0 Å². The van der Waals surface area contributed by atoms with Gasteiger partial charge in [0.15, 0.2) is 0 Å². The minimum Gasteiger partial charge on any atom is -0.245 e. The van der Waals surface area contributed by atoms with E-state index in [1.165, 1.54) is 18.2 Å². The first-order valence-corrected chi connectivity index (χ1v) is 2.45. The van der Waals surface area contributed by atoms with Crippen LogP contribution in [0.4, 0.5) is 0 Å². The predicted octanol–water partition coefficient (Wildman–Crippen LogP) is 3.44. The fraction of sp³-hybridized carbons (Fsp3) is 0. The van der Waals surface area contributed by atoms with E-state index in [-0.39, 0.29) is 34.1 Å². The van der Waals surface area contributed by atoms with Crippen molar-refractivity contribution in [1.29, 1.82) is 0 Å². The molecule has 0 amide bonds. The van der Waals surface area contributed by atoms with Crippen LogP contribution in [-0.4, -0.2) is 0 Å². The Balaban J connectivity index is -0.0000000150. The molecule has 0 aromatic carbocycles. The fourth-order valence-electron chi connectivity index (χ4n) is 0. The zero-order chi connectivity index (χ0) is 8.12. The van der Waals surface area contributed by atoms with Gasteiger partial charge in [-0.3, -0.25) is 0 Å². The molecule has 0 N–H and O–H groups in total. The van der Waals surface area contributed by atoms with Crippen LogP contribution in [0.25, 0.3) is 0 Å². The minimum absolute atomic E-state index is 0. The van der Waals surface area contributed by atoms with Crippen molar-refractivity contribution >= 4 is 12.4 Å². The Morgan fingerprint density at radius 1 is 0.727 bits per heavy atom. The van der Waals surface area contributed by atoms with Gasteiger partial charge in [-0.15, -0.1) is 12.4 Å². The molecule has 0 saturated heterocycles. The Hall–Kier alpha value is -0.166. The predicted molar refractivity (Wildman–Crippen MR) is 53.9 cm³/mol. The molecule has 0 aliphatic rings. The number of hydrogen-bond donors (Lipinski definition) is 0. The van der Waals surface area contributed by atoms with Gasteiger partial charge in [0.05, 0.1) is 0 Å². The maximum atomic E-state index is 3.25. The van der Waals surface area contributed by atoms with Crippen LogP contribution in [0.3, 0.4) is 0 Å². The van der Waals surface area contributed by atoms with Crippen LogP contribution in [0.5, 0.6) is 0 Å². The van der Waals surface area contributed by atoms with E-state index in [0.29, 0.717) is 0 Å². The van der Waals surface area contributed by atoms with Crippen LogP contribution >= 0.6 is 12.4 Å². The van der Waals surface area contributed by atoms with E-state index in [2.05, 4.69) is 40.5 Å². The van der Waals surface area contributed by atoms with Crippen LogP contribution in [0, 0.1) is 20.8 Å². The summed E-state index contributed by atoms with van der Waals surface area (Å²) in [5.74, 6) is 0. The Labute approximate surface area is 92.8 Å². The monoisotopic (exact) mass is 207 g/mol. The number of rotatable bonds is 0. The normalized spacial score (nSPS) is 3.27. The average molecular weight is 208 g/mol. The summed E-state index contributed by atoms with van der Waals surface area (Å²) in [5.41, 5.74) is 0. The minimum atomic E-state index is 0. The van der Waals surface area contributed by atoms with Gasteiger partial charge >= 0.3 is 21.7 Å². The maximum absolute atomic E-state index is 3.25. The molecule has 0 spiro atoms. The van der Waals surface area contributed by atoms with E-state index in [9.17, 15) is 0 Å². The second-order valence-electron chi connectivity index (χ2n) is 0.866. The van der Waals surface area contributed by atoms with Gasteiger partial charge in [-0.25, -0.2) is 58.7 Å². The molecule has 1 radical (unpaired) electrons. The Morgan fingerprint density at radius 2 is 0.727 bits per heavy atom. The summed E-state index contributed by atoms with van der Waals surface area (Å²) in [6.45, 7) is 19.5. The van der Waals surface area contributed by atoms with E-state index in [0.717, 1.165) is 0 Å². The van der Waals surface area contributed by atoms with Gasteiger partial charge in [0.1, 0.15) is 0 Å². The zero-order valence-corrected chi connectivity index (χ0v) is 9.26. The van der Waals surface area contributed by atoms with E-state index < -0.39 is 0 Å². The van der Waals surface area contributed by atoms with Gasteiger partial charge in [0.25, 0.3) is 0 Å². The molecule has 0 heterocycles. The molecule has 11 heavy (non-hydrogen) atoms. The molecule has 63 valence electrons. The number of allylic oxidation sites excluding steroid dienone is 3. The molecule has 0 aliphatic carbocycles. The van der Waals surface area contributed by atoms with Gasteiger partial charge in [0.2, 0.25) is 0 Å². The number of hydrogen-bond acceptors (Lipinski definition) is 0. The van der Waals surface area contributed by atoms with Crippen LogP contribution in [0.2, 0.25) is 0 Å². The molecule has 0 rings (SSSR count). The Morgan fingerprint density at radius 3 is 0.727 bits per heavy atom. The Bertz CT molecular complexity index is 46.3.